The minimum absolute atomic E-state index is 0.0533. The van der Waals surface area contributed by atoms with Gasteiger partial charge in [-0.3, -0.25) is 14.2 Å². The lowest BCUT2D eigenvalue weighted by Gasteiger charge is -2.04. The van der Waals surface area contributed by atoms with Crippen LogP contribution >= 0.6 is 11.6 Å². The normalized spacial score (nSPS) is 11.6. The second kappa shape index (κ2) is 7.05. The second-order valence-electron chi connectivity index (χ2n) is 5.59. The van der Waals surface area contributed by atoms with Crippen LogP contribution in [0.25, 0.3) is 16.7 Å². The van der Waals surface area contributed by atoms with Crippen LogP contribution in [-0.2, 0) is 9.59 Å². The first kappa shape index (κ1) is 18.3. The number of hydrogen-bond acceptors (Lipinski definition) is 4. The van der Waals surface area contributed by atoms with Crippen LogP contribution in [0.3, 0.4) is 0 Å². The molecule has 2 N–H and O–H groups in total. The number of carbonyl (C=O) groups excluding carboxylic acids is 2. The summed E-state index contributed by atoms with van der Waals surface area (Å²) in [6.45, 7) is 0. The lowest BCUT2D eigenvalue weighted by molar-refractivity contribution is -0.146. The maximum Gasteiger partial charge on any atom is 0.376 e. The number of rotatable bonds is 4. The number of hydrogen-bond donors (Lipinski definition) is 2. The van der Waals surface area contributed by atoms with Crippen molar-refractivity contribution in [3.05, 3.63) is 76.7 Å². The number of aromatic nitrogens is 1. The van der Waals surface area contributed by atoms with Gasteiger partial charge in [0.05, 0.1) is 5.52 Å². The van der Waals surface area contributed by atoms with E-state index in [9.17, 15) is 23.9 Å². The van der Waals surface area contributed by atoms with Crippen LogP contribution in [0.1, 0.15) is 15.9 Å². The van der Waals surface area contributed by atoms with Crippen molar-refractivity contribution in [3.63, 3.8) is 0 Å². The van der Waals surface area contributed by atoms with E-state index in [2.05, 4.69) is 0 Å². The molecule has 0 saturated heterocycles. The first-order chi connectivity index (χ1) is 12.8. The quantitative estimate of drug-likeness (QED) is 0.404. The molecule has 0 unspecified atom stereocenters. The van der Waals surface area contributed by atoms with Gasteiger partial charge in [-0.25, -0.2) is 9.18 Å². The summed E-state index contributed by atoms with van der Waals surface area (Å²) in [5, 5.41) is 19.5. The van der Waals surface area contributed by atoms with E-state index in [1.54, 1.807) is 0 Å². The molecule has 2 aromatic carbocycles. The Bertz CT molecular complexity index is 1120. The first-order valence-corrected chi connectivity index (χ1v) is 7.95. The minimum atomic E-state index is -1.73. The summed E-state index contributed by atoms with van der Waals surface area (Å²) in [4.78, 5) is 34.8. The van der Waals surface area contributed by atoms with Crippen molar-refractivity contribution in [1.29, 1.82) is 0 Å². The molecular formula is C19H11ClFNO5. The third-order valence-electron chi connectivity index (χ3n) is 3.83. The molecule has 0 bridgehead atoms. The lowest BCUT2D eigenvalue weighted by Crippen LogP contribution is -2.11. The molecule has 0 aliphatic carbocycles. The summed E-state index contributed by atoms with van der Waals surface area (Å²) in [6, 6.07) is 9.43. The molecule has 0 amide bonds. The highest BCUT2D eigenvalue weighted by Crippen LogP contribution is 2.29. The summed E-state index contributed by atoms with van der Waals surface area (Å²) < 4.78 is 14.3. The molecule has 0 aliphatic rings. The van der Waals surface area contributed by atoms with E-state index < -0.39 is 29.2 Å². The molecule has 3 aromatic rings. The van der Waals surface area contributed by atoms with Crippen molar-refractivity contribution in [3.8, 4) is 0 Å². The molecular weight excluding hydrogens is 377 g/mol. The molecule has 0 aliphatic heterocycles. The van der Waals surface area contributed by atoms with Crippen LogP contribution in [0.2, 0.25) is 5.02 Å². The number of carbonyl (C=O) groups is 3. The van der Waals surface area contributed by atoms with Crippen LogP contribution < -0.4 is 0 Å². The van der Waals surface area contributed by atoms with E-state index in [1.807, 2.05) is 0 Å². The minimum Gasteiger partial charge on any atom is -0.507 e. The van der Waals surface area contributed by atoms with Gasteiger partial charge in [-0.05, 0) is 42.5 Å². The van der Waals surface area contributed by atoms with Gasteiger partial charge in [0, 0.05) is 33.8 Å². The Labute approximate surface area is 156 Å². The average Bonchev–Trinajstić information content (AvgIpc) is 3.00. The fourth-order valence-corrected chi connectivity index (χ4v) is 2.74. The number of carboxylic acid groups (broad SMARTS) is 1. The van der Waals surface area contributed by atoms with Crippen molar-refractivity contribution in [1.82, 2.24) is 4.57 Å². The molecule has 27 heavy (non-hydrogen) atoms. The monoisotopic (exact) mass is 387 g/mol. The summed E-state index contributed by atoms with van der Waals surface area (Å²) in [6.07, 6.45) is 1.80. The largest absolute Gasteiger partial charge is 0.507 e. The number of halogens is 2. The lowest BCUT2D eigenvalue weighted by atomic mass is 10.1. The van der Waals surface area contributed by atoms with E-state index in [0.717, 1.165) is 12.1 Å². The number of fused-ring (bicyclic) bond motifs is 1. The fourth-order valence-electron chi connectivity index (χ4n) is 2.57. The number of aliphatic hydroxyl groups excluding tert-OH is 1. The van der Waals surface area contributed by atoms with Crippen LogP contribution in [0.5, 0.6) is 0 Å². The van der Waals surface area contributed by atoms with Crippen LogP contribution in [0.4, 0.5) is 4.39 Å². The molecule has 1 aromatic heterocycles. The molecule has 0 saturated carbocycles. The van der Waals surface area contributed by atoms with Crippen molar-refractivity contribution >= 4 is 45.9 Å². The van der Waals surface area contributed by atoms with E-state index in [1.165, 1.54) is 41.1 Å². The maximum atomic E-state index is 13.1. The molecule has 3 rings (SSSR count). The summed E-state index contributed by atoms with van der Waals surface area (Å²) in [5.74, 6) is -4.68. The van der Waals surface area contributed by atoms with Gasteiger partial charge in [0.1, 0.15) is 11.6 Å². The van der Waals surface area contributed by atoms with Gasteiger partial charge in [0.25, 0.3) is 11.7 Å². The number of carboxylic acids is 1. The second-order valence-corrected chi connectivity index (χ2v) is 6.02. The SMILES string of the molecule is O=C(O)C(=O)C=C(O)c1cn(C(=O)c2ccc(F)cc2)c2ccc(Cl)cc12. The number of nitrogens with zero attached hydrogens (tertiary/aromatic N) is 1. The Morgan fingerprint density at radius 3 is 2.33 bits per heavy atom. The predicted molar refractivity (Wildman–Crippen MR) is 96.3 cm³/mol. The third-order valence-corrected chi connectivity index (χ3v) is 4.07. The van der Waals surface area contributed by atoms with Crippen molar-refractivity contribution < 1.29 is 29.0 Å². The standard InChI is InChI=1S/C19H11ClFNO5/c20-11-3-6-15-13(7-11)14(16(23)8-17(24)19(26)27)9-22(15)18(25)10-1-4-12(21)5-2-10/h1-9,23H,(H,26,27). The van der Waals surface area contributed by atoms with E-state index in [0.29, 0.717) is 22.0 Å². The Kier molecular flexibility index (Phi) is 4.79. The highest BCUT2D eigenvalue weighted by Gasteiger charge is 2.19. The van der Waals surface area contributed by atoms with Crippen LogP contribution in [0.15, 0.2) is 54.7 Å². The molecule has 136 valence electrons. The Balaban J connectivity index is 2.18. The van der Waals surface area contributed by atoms with Gasteiger partial charge < -0.3 is 10.2 Å². The first-order valence-electron chi connectivity index (χ1n) is 7.57. The molecule has 8 heteroatoms. The Hall–Kier alpha value is -3.45. The number of benzene rings is 2. The number of aliphatic carboxylic acids is 1. The predicted octanol–water partition coefficient (Wildman–Crippen LogP) is 3.67. The number of aliphatic hydroxyl groups is 1. The number of ketones is 1. The smallest absolute Gasteiger partial charge is 0.376 e. The molecule has 1 heterocycles. The maximum absolute atomic E-state index is 13.1. The zero-order valence-electron chi connectivity index (χ0n) is 13.5. The van der Waals surface area contributed by atoms with Crippen molar-refractivity contribution in [2.75, 3.05) is 0 Å². The van der Waals surface area contributed by atoms with E-state index in [-0.39, 0.29) is 11.1 Å². The Morgan fingerprint density at radius 2 is 1.70 bits per heavy atom. The van der Waals surface area contributed by atoms with Crippen LogP contribution in [0, 0.1) is 5.82 Å². The topological polar surface area (TPSA) is 96.6 Å². The average molecular weight is 388 g/mol. The molecule has 0 radical (unpaired) electrons. The summed E-state index contributed by atoms with van der Waals surface area (Å²) in [5.41, 5.74) is 0.615. The van der Waals surface area contributed by atoms with Gasteiger partial charge in [-0.15, -0.1) is 0 Å². The van der Waals surface area contributed by atoms with Gasteiger partial charge in [-0.1, -0.05) is 11.6 Å². The van der Waals surface area contributed by atoms with Gasteiger partial charge in [-0.2, -0.15) is 0 Å². The highest BCUT2D eigenvalue weighted by atomic mass is 35.5. The third kappa shape index (κ3) is 3.58. The zero-order chi connectivity index (χ0) is 19.7. The molecule has 6 nitrogen and oxygen atoms in total. The van der Waals surface area contributed by atoms with Gasteiger partial charge in [0.15, 0.2) is 0 Å². The van der Waals surface area contributed by atoms with Gasteiger partial charge >= 0.3 is 5.97 Å². The van der Waals surface area contributed by atoms with Crippen molar-refractivity contribution in [2.24, 2.45) is 0 Å². The van der Waals surface area contributed by atoms with Crippen molar-refractivity contribution in [2.45, 2.75) is 0 Å². The fraction of sp³-hybridized carbons (Fsp3) is 0. The molecule has 0 atom stereocenters. The Morgan fingerprint density at radius 1 is 1.04 bits per heavy atom. The zero-order valence-corrected chi connectivity index (χ0v) is 14.3. The molecule has 0 spiro atoms. The van der Waals surface area contributed by atoms with Gasteiger partial charge in [0.2, 0.25) is 0 Å². The van der Waals surface area contributed by atoms with Crippen LogP contribution in [-0.4, -0.2) is 32.4 Å². The van der Waals surface area contributed by atoms with E-state index in [4.69, 9.17) is 16.7 Å². The summed E-state index contributed by atoms with van der Waals surface area (Å²) >= 11 is 5.98. The van der Waals surface area contributed by atoms with E-state index >= 15 is 0 Å². The highest BCUT2D eigenvalue weighted by molar-refractivity contribution is 6.38. The summed E-state index contributed by atoms with van der Waals surface area (Å²) in [7, 11) is 0. The molecule has 0 fully saturated rings.